The van der Waals surface area contributed by atoms with E-state index in [4.69, 9.17) is 0 Å². The maximum atomic E-state index is 13.8. The fourth-order valence-electron chi connectivity index (χ4n) is 1.32. The van der Waals surface area contributed by atoms with Gasteiger partial charge in [-0.2, -0.15) is 0 Å². The Morgan fingerprint density at radius 3 is 2.40 bits per heavy atom. The van der Waals surface area contributed by atoms with Crippen molar-refractivity contribution in [1.82, 2.24) is 0 Å². The Labute approximate surface area is 106 Å². The van der Waals surface area contributed by atoms with Gasteiger partial charge in [-0.15, -0.1) is 0 Å². The number of benzene rings is 1. The smallest absolute Gasteiger partial charge is 0.144 e. The molecule has 0 amide bonds. The highest BCUT2D eigenvalue weighted by Crippen LogP contribution is 2.35. The number of aliphatic hydroxyl groups is 1. The van der Waals surface area contributed by atoms with Gasteiger partial charge < -0.3 is 5.11 Å². The molecule has 1 N–H and O–H groups in total. The van der Waals surface area contributed by atoms with Crippen LogP contribution in [0.3, 0.4) is 0 Å². The van der Waals surface area contributed by atoms with Crippen LogP contribution in [0.5, 0.6) is 0 Å². The zero-order valence-corrected chi connectivity index (χ0v) is 11.8. The van der Waals surface area contributed by atoms with Crippen LogP contribution in [-0.4, -0.2) is 5.11 Å². The molecule has 1 aromatic carbocycles. The largest absolute Gasteiger partial charge is 0.388 e. The van der Waals surface area contributed by atoms with Crippen LogP contribution in [0.1, 0.15) is 31.9 Å². The van der Waals surface area contributed by atoms with E-state index >= 15 is 0 Å². The second-order valence-corrected chi connectivity index (χ2v) is 5.30. The molecule has 84 valence electrons. The molecule has 0 saturated heterocycles. The van der Waals surface area contributed by atoms with Crippen molar-refractivity contribution in [3.8, 4) is 0 Å². The third-order valence-corrected chi connectivity index (χ3v) is 3.86. The predicted molar refractivity (Wildman–Crippen MR) is 66.2 cm³/mol. The average molecular weight is 340 g/mol. The normalized spacial score (nSPS) is 15.1. The number of rotatable bonds is 3. The van der Waals surface area contributed by atoms with Crippen molar-refractivity contribution >= 4 is 31.9 Å². The van der Waals surface area contributed by atoms with Crippen LogP contribution in [0, 0.1) is 11.7 Å². The topological polar surface area (TPSA) is 20.2 Å². The minimum atomic E-state index is -0.776. The Kier molecular flexibility index (Phi) is 4.74. The van der Waals surface area contributed by atoms with Crippen LogP contribution < -0.4 is 0 Å². The van der Waals surface area contributed by atoms with E-state index in [2.05, 4.69) is 31.9 Å². The van der Waals surface area contributed by atoms with Crippen LogP contribution >= 0.6 is 31.9 Å². The monoisotopic (exact) mass is 338 g/mol. The number of hydrogen-bond donors (Lipinski definition) is 1. The zero-order chi connectivity index (χ0) is 11.6. The molecule has 0 radical (unpaired) electrons. The molecule has 2 unspecified atom stereocenters. The van der Waals surface area contributed by atoms with Crippen LogP contribution in [0.2, 0.25) is 0 Å². The third-order valence-electron chi connectivity index (χ3n) is 2.56. The van der Waals surface area contributed by atoms with Crippen molar-refractivity contribution < 1.29 is 9.50 Å². The van der Waals surface area contributed by atoms with Gasteiger partial charge in [-0.25, -0.2) is 4.39 Å². The molecule has 2 atom stereocenters. The molecule has 0 fully saturated rings. The summed E-state index contributed by atoms with van der Waals surface area (Å²) >= 11 is 6.37. The van der Waals surface area contributed by atoms with Gasteiger partial charge in [-0.05, 0) is 34.0 Å². The summed E-state index contributed by atoms with van der Waals surface area (Å²) in [4.78, 5) is 0. The van der Waals surface area contributed by atoms with Gasteiger partial charge in [-0.3, -0.25) is 0 Å². The quantitative estimate of drug-likeness (QED) is 0.807. The summed E-state index contributed by atoms with van der Waals surface area (Å²) in [7, 11) is 0. The van der Waals surface area contributed by atoms with Crippen molar-refractivity contribution in [1.29, 1.82) is 0 Å². The van der Waals surface area contributed by atoms with Crippen molar-refractivity contribution in [3.05, 3.63) is 32.5 Å². The van der Waals surface area contributed by atoms with Gasteiger partial charge in [0.05, 0.1) is 10.6 Å². The second-order valence-electron chi connectivity index (χ2n) is 3.59. The molecule has 0 aliphatic rings. The van der Waals surface area contributed by atoms with Gasteiger partial charge in [0.2, 0.25) is 0 Å². The van der Waals surface area contributed by atoms with Crippen molar-refractivity contribution in [2.45, 2.75) is 26.4 Å². The molecular formula is C11H13Br2FO. The third kappa shape index (κ3) is 2.80. The highest BCUT2D eigenvalue weighted by Gasteiger charge is 2.22. The highest BCUT2D eigenvalue weighted by atomic mass is 79.9. The van der Waals surface area contributed by atoms with Crippen molar-refractivity contribution in [2.75, 3.05) is 0 Å². The van der Waals surface area contributed by atoms with Gasteiger partial charge in [0.1, 0.15) is 5.82 Å². The molecule has 0 spiro atoms. The van der Waals surface area contributed by atoms with Crippen LogP contribution in [0.25, 0.3) is 0 Å². The first kappa shape index (κ1) is 13.1. The summed E-state index contributed by atoms with van der Waals surface area (Å²) in [6.07, 6.45) is 0.0291. The molecule has 0 heterocycles. The van der Waals surface area contributed by atoms with E-state index in [9.17, 15) is 9.50 Å². The second kappa shape index (κ2) is 5.41. The summed E-state index contributed by atoms with van der Waals surface area (Å²) < 4.78 is 14.8. The Bertz CT molecular complexity index is 355. The van der Waals surface area contributed by atoms with E-state index < -0.39 is 11.9 Å². The standard InChI is InChI=1S/C11H13Br2FO/c1-3-6(2)11(15)9-7(12)4-5-8(13)10(9)14/h4-6,11,15H,3H2,1-2H3. The van der Waals surface area contributed by atoms with Crippen molar-refractivity contribution in [2.24, 2.45) is 5.92 Å². The maximum Gasteiger partial charge on any atom is 0.144 e. The Balaban J connectivity index is 3.18. The molecule has 1 aromatic rings. The van der Waals surface area contributed by atoms with E-state index in [0.717, 1.165) is 6.42 Å². The van der Waals surface area contributed by atoms with Crippen LogP contribution in [-0.2, 0) is 0 Å². The lowest BCUT2D eigenvalue weighted by Crippen LogP contribution is -2.11. The van der Waals surface area contributed by atoms with Gasteiger partial charge >= 0.3 is 0 Å². The van der Waals surface area contributed by atoms with Gasteiger partial charge in [0.15, 0.2) is 0 Å². The molecule has 4 heteroatoms. The molecule has 15 heavy (non-hydrogen) atoms. The lowest BCUT2D eigenvalue weighted by molar-refractivity contribution is 0.111. The molecule has 0 aliphatic heterocycles. The summed E-state index contributed by atoms with van der Waals surface area (Å²) in [5.74, 6) is -0.359. The molecule has 0 bridgehead atoms. The van der Waals surface area contributed by atoms with E-state index in [-0.39, 0.29) is 5.92 Å². The van der Waals surface area contributed by atoms with E-state index in [1.165, 1.54) is 0 Å². The lowest BCUT2D eigenvalue weighted by atomic mass is 9.95. The summed E-state index contributed by atoms with van der Waals surface area (Å²) in [5, 5.41) is 9.98. The molecular weight excluding hydrogens is 327 g/mol. The molecule has 1 nitrogen and oxygen atoms in total. The van der Waals surface area contributed by atoms with Crippen molar-refractivity contribution in [3.63, 3.8) is 0 Å². The first-order valence-corrected chi connectivity index (χ1v) is 6.39. The lowest BCUT2D eigenvalue weighted by Gasteiger charge is -2.19. The highest BCUT2D eigenvalue weighted by molar-refractivity contribution is 9.11. The summed E-state index contributed by atoms with van der Waals surface area (Å²) in [6, 6.07) is 3.35. The summed E-state index contributed by atoms with van der Waals surface area (Å²) in [6.45, 7) is 3.87. The average Bonchev–Trinajstić information content (AvgIpc) is 2.22. The fourth-order valence-corrected chi connectivity index (χ4v) is 2.21. The van der Waals surface area contributed by atoms with Gasteiger partial charge in [-0.1, -0.05) is 36.2 Å². The number of halogens is 3. The minimum absolute atomic E-state index is 0.0325. The Morgan fingerprint density at radius 1 is 1.33 bits per heavy atom. The van der Waals surface area contributed by atoms with Gasteiger partial charge in [0, 0.05) is 10.0 Å². The molecule has 0 saturated carbocycles. The number of hydrogen-bond acceptors (Lipinski definition) is 1. The zero-order valence-electron chi connectivity index (χ0n) is 8.60. The van der Waals surface area contributed by atoms with E-state index in [1.54, 1.807) is 12.1 Å². The van der Waals surface area contributed by atoms with Crippen LogP contribution in [0.15, 0.2) is 21.1 Å². The Hall–Kier alpha value is 0.0700. The van der Waals surface area contributed by atoms with Gasteiger partial charge in [0.25, 0.3) is 0 Å². The van der Waals surface area contributed by atoms with E-state index in [1.807, 2.05) is 13.8 Å². The molecule has 1 rings (SSSR count). The summed E-state index contributed by atoms with van der Waals surface area (Å²) in [5.41, 5.74) is 0.332. The first-order chi connectivity index (χ1) is 6.99. The predicted octanol–water partition coefficient (Wildman–Crippen LogP) is 4.43. The minimum Gasteiger partial charge on any atom is -0.388 e. The Morgan fingerprint density at radius 2 is 1.87 bits per heavy atom. The van der Waals surface area contributed by atoms with E-state index in [0.29, 0.717) is 14.5 Å². The van der Waals surface area contributed by atoms with Crippen LogP contribution in [0.4, 0.5) is 4.39 Å². The molecule has 0 aromatic heterocycles. The number of aliphatic hydroxyl groups excluding tert-OH is 1. The SMILES string of the molecule is CCC(C)C(O)c1c(Br)ccc(Br)c1F. The maximum absolute atomic E-state index is 13.8. The first-order valence-electron chi connectivity index (χ1n) is 4.80. The fraction of sp³-hybridized carbons (Fsp3) is 0.455. The molecule has 0 aliphatic carbocycles.